The lowest BCUT2D eigenvalue weighted by Gasteiger charge is -2.20. The lowest BCUT2D eigenvalue weighted by atomic mass is 10.1. The summed E-state index contributed by atoms with van der Waals surface area (Å²) >= 11 is 2.06. The van der Waals surface area contributed by atoms with Crippen LogP contribution in [0.15, 0.2) is 11.8 Å². The zero-order valence-corrected chi connectivity index (χ0v) is 8.82. The second-order valence-electron chi connectivity index (χ2n) is 3.61. The number of thioether (sulfide) groups is 1. The van der Waals surface area contributed by atoms with Gasteiger partial charge >= 0.3 is 0 Å². The van der Waals surface area contributed by atoms with Crippen molar-refractivity contribution in [3.8, 4) is 0 Å². The zero-order valence-electron chi connectivity index (χ0n) is 8.01. The fraction of sp³-hybridized carbons (Fsp3) is 0.800. The van der Waals surface area contributed by atoms with E-state index in [9.17, 15) is 0 Å². The molecule has 1 rings (SSSR count). The Morgan fingerprint density at radius 3 is 3.00 bits per heavy atom. The molecular formula is C10H18OS. The standard InChI is InChI=1S/C10H18OS/c1-9(2)6-11-7-10-4-3-5-12-8-10/h6,10H,3-5,7-8H2,1-2H3. The first kappa shape index (κ1) is 9.97. The van der Waals surface area contributed by atoms with Crippen molar-refractivity contribution < 1.29 is 4.74 Å². The third kappa shape index (κ3) is 4.05. The van der Waals surface area contributed by atoms with E-state index >= 15 is 0 Å². The minimum atomic E-state index is 0.791. The van der Waals surface area contributed by atoms with Crippen molar-refractivity contribution >= 4 is 11.8 Å². The number of hydrogen-bond acceptors (Lipinski definition) is 2. The molecule has 0 spiro atoms. The number of rotatable bonds is 3. The van der Waals surface area contributed by atoms with Gasteiger partial charge in [-0.25, -0.2) is 0 Å². The molecular weight excluding hydrogens is 168 g/mol. The van der Waals surface area contributed by atoms with Gasteiger partial charge < -0.3 is 4.74 Å². The van der Waals surface area contributed by atoms with Crippen LogP contribution in [-0.4, -0.2) is 18.1 Å². The Balaban J connectivity index is 2.09. The Labute approximate surface area is 79.6 Å². The molecule has 0 aromatic heterocycles. The molecule has 1 atom stereocenters. The molecule has 1 unspecified atom stereocenters. The van der Waals surface area contributed by atoms with Gasteiger partial charge in [-0.2, -0.15) is 11.8 Å². The van der Waals surface area contributed by atoms with E-state index in [0.29, 0.717) is 0 Å². The highest BCUT2D eigenvalue weighted by molar-refractivity contribution is 7.99. The first-order valence-corrected chi connectivity index (χ1v) is 5.77. The number of hydrogen-bond donors (Lipinski definition) is 0. The third-order valence-electron chi connectivity index (χ3n) is 1.91. The molecule has 1 saturated heterocycles. The highest BCUT2D eigenvalue weighted by Gasteiger charge is 2.13. The summed E-state index contributed by atoms with van der Waals surface area (Å²) in [6, 6.07) is 0. The summed E-state index contributed by atoms with van der Waals surface area (Å²) in [5.74, 6) is 3.43. The summed E-state index contributed by atoms with van der Waals surface area (Å²) in [7, 11) is 0. The van der Waals surface area contributed by atoms with Gasteiger partial charge in [0.1, 0.15) is 0 Å². The van der Waals surface area contributed by atoms with Gasteiger partial charge in [0.15, 0.2) is 0 Å². The second kappa shape index (κ2) is 5.52. The predicted molar refractivity (Wildman–Crippen MR) is 55.4 cm³/mol. The van der Waals surface area contributed by atoms with Crippen LogP contribution < -0.4 is 0 Å². The monoisotopic (exact) mass is 186 g/mol. The van der Waals surface area contributed by atoms with Crippen LogP contribution >= 0.6 is 11.8 Å². The highest BCUT2D eigenvalue weighted by Crippen LogP contribution is 2.22. The van der Waals surface area contributed by atoms with Crippen LogP contribution in [0.2, 0.25) is 0 Å². The Kier molecular flexibility index (Phi) is 4.59. The molecule has 0 saturated carbocycles. The van der Waals surface area contributed by atoms with E-state index in [2.05, 4.69) is 25.6 Å². The summed E-state index contributed by atoms with van der Waals surface area (Å²) in [6.07, 6.45) is 4.59. The molecule has 0 aromatic carbocycles. The minimum absolute atomic E-state index is 0.791. The lowest BCUT2D eigenvalue weighted by Crippen LogP contribution is -2.15. The summed E-state index contributed by atoms with van der Waals surface area (Å²) < 4.78 is 5.46. The lowest BCUT2D eigenvalue weighted by molar-refractivity contribution is 0.195. The molecule has 1 heterocycles. The molecule has 0 amide bonds. The normalized spacial score (nSPS) is 23.3. The van der Waals surface area contributed by atoms with Crippen LogP contribution in [0.25, 0.3) is 0 Å². The predicted octanol–water partition coefficient (Wildman–Crippen LogP) is 3.07. The minimum Gasteiger partial charge on any atom is -0.501 e. The molecule has 0 aromatic rings. The van der Waals surface area contributed by atoms with E-state index in [4.69, 9.17) is 4.74 Å². The van der Waals surface area contributed by atoms with Crippen molar-refractivity contribution in [2.75, 3.05) is 18.1 Å². The molecule has 0 bridgehead atoms. The summed E-state index contributed by atoms with van der Waals surface area (Å²) in [5, 5.41) is 0. The molecule has 0 aliphatic carbocycles. The average molecular weight is 186 g/mol. The van der Waals surface area contributed by atoms with Gasteiger partial charge in [-0.05, 0) is 43.8 Å². The van der Waals surface area contributed by atoms with Crippen molar-refractivity contribution in [1.82, 2.24) is 0 Å². The van der Waals surface area contributed by atoms with Gasteiger partial charge in [0.2, 0.25) is 0 Å². The highest BCUT2D eigenvalue weighted by atomic mass is 32.2. The van der Waals surface area contributed by atoms with Gasteiger partial charge in [0, 0.05) is 5.92 Å². The summed E-state index contributed by atoms with van der Waals surface area (Å²) in [4.78, 5) is 0. The van der Waals surface area contributed by atoms with E-state index in [1.165, 1.54) is 29.9 Å². The SMILES string of the molecule is CC(C)=COCC1CCCSC1. The van der Waals surface area contributed by atoms with Gasteiger partial charge in [-0.15, -0.1) is 0 Å². The molecule has 0 N–H and O–H groups in total. The number of ether oxygens (including phenoxy) is 1. The van der Waals surface area contributed by atoms with Crippen molar-refractivity contribution in [3.63, 3.8) is 0 Å². The van der Waals surface area contributed by atoms with Crippen LogP contribution in [0.1, 0.15) is 26.7 Å². The van der Waals surface area contributed by atoms with E-state index in [0.717, 1.165) is 12.5 Å². The van der Waals surface area contributed by atoms with Crippen LogP contribution in [0.4, 0.5) is 0 Å². The maximum atomic E-state index is 5.46. The Hall–Kier alpha value is -0.110. The summed E-state index contributed by atoms with van der Waals surface area (Å²) in [5.41, 5.74) is 1.25. The molecule has 12 heavy (non-hydrogen) atoms. The van der Waals surface area contributed by atoms with Crippen LogP contribution in [-0.2, 0) is 4.74 Å². The largest absolute Gasteiger partial charge is 0.501 e. The first-order chi connectivity index (χ1) is 5.79. The fourth-order valence-corrected chi connectivity index (χ4v) is 2.42. The third-order valence-corrected chi connectivity index (χ3v) is 3.19. The quantitative estimate of drug-likeness (QED) is 0.626. The molecule has 1 aliphatic rings. The molecule has 1 nitrogen and oxygen atoms in total. The average Bonchev–Trinajstić information content (AvgIpc) is 2.05. The first-order valence-electron chi connectivity index (χ1n) is 4.62. The van der Waals surface area contributed by atoms with Gasteiger partial charge in [0.25, 0.3) is 0 Å². The Bertz CT molecular complexity index is 144. The van der Waals surface area contributed by atoms with Crippen molar-refractivity contribution in [2.45, 2.75) is 26.7 Å². The Morgan fingerprint density at radius 1 is 1.58 bits per heavy atom. The maximum Gasteiger partial charge on any atom is 0.0909 e. The fourth-order valence-electron chi connectivity index (χ4n) is 1.29. The van der Waals surface area contributed by atoms with Gasteiger partial charge in [-0.3, -0.25) is 0 Å². The van der Waals surface area contributed by atoms with Crippen molar-refractivity contribution in [3.05, 3.63) is 11.8 Å². The Morgan fingerprint density at radius 2 is 2.42 bits per heavy atom. The molecule has 1 aliphatic heterocycles. The topological polar surface area (TPSA) is 9.23 Å². The van der Waals surface area contributed by atoms with E-state index < -0.39 is 0 Å². The molecule has 0 radical (unpaired) electrons. The molecule has 1 fully saturated rings. The van der Waals surface area contributed by atoms with Crippen LogP contribution in [0.3, 0.4) is 0 Å². The summed E-state index contributed by atoms with van der Waals surface area (Å²) in [6.45, 7) is 5.05. The van der Waals surface area contributed by atoms with Crippen molar-refractivity contribution in [2.24, 2.45) is 5.92 Å². The zero-order chi connectivity index (χ0) is 8.81. The van der Waals surface area contributed by atoms with Crippen LogP contribution in [0.5, 0.6) is 0 Å². The van der Waals surface area contributed by atoms with E-state index in [1.54, 1.807) is 0 Å². The second-order valence-corrected chi connectivity index (χ2v) is 4.76. The maximum absolute atomic E-state index is 5.46. The van der Waals surface area contributed by atoms with Gasteiger partial charge in [-0.1, -0.05) is 0 Å². The van der Waals surface area contributed by atoms with Crippen molar-refractivity contribution in [1.29, 1.82) is 0 Å². The number of allylic oxidation sites excluding steroid dienone is 1. The molecule has 2 heteroatoms. The van der Waals surface area contributed by atoms with E-state index in [-0.39, 0.29) is 0 Å². The van der Waals surface area contributed by atoms with Gasteiger partial charge in [0.05, 0.1) is 12.9 Å². The molecule has 70 valence electrons. The van der Waals surface area contributed by atoms with Crippen LogP contribution in [0, 0.1) is 5.92 Å². The smallest absolute Gasteiger partial charge is 0.0909 e. The van der Waals surface area contributed by atoms with E-state index in [1.807, 2.05) is 6.26 Å².